The van der Waals surface area contributed by atoms with Crippen LogP contribution in [0.2, 0.25) is 0 Å². The average molecular weight is 442 g/mol. The minimum Gasteiger partial charge on any atom is -0.322 e. The lowest BCUT2D eigenvalue weighted by atomic mass is 10.1. The standard InChI is InChI=1S/C17H13F2IN2O2/c1-9(23)22-5-4-10-6-11(2-3-15(10)22)17(24)21-12-7-13(18)16(20)14(19)8-12/h2-3,6-8H,4-5H2,1H3,(H,21,24). The summed E-state index contributed by atoms with van der Waals surface area (Å²) in [6.07, 6.45) is 0.669. The maximum Gasteiger partial charge on any atom is 0.255 e. The molecule has 0 fully saturated rings. The number of hydrogen-bond acceptors (Lipinski definition) is 2. The summed E-state index contributed by atoms with van der Waals surface area (Å²) < 4.78 is 27.0. The summed E-state index contributed by atoms with van der Waals surface area (Å²) in [5.74, 6) is -1.95. The van der Waals surface area contributed by atoms with Crippen molar-refractivity contribution in [2.24, 2.45) is 0 Å². The molecule has 2 aromatic rings. The first-order valence-electron chi connectivity index (χ1n) is 7.23. The third-order valence-electron chi connectivity index (χ3n) is 3.86. The maximum atomic E-state index is 13.6. The average Bonchev–Trinajstić information content (AvgIpc) is 2.95. The number of rotatable bonds is 2. The van der Waals surface area contributed by atoms with Gasteiger partial charge in [-0.05, 0) is 64.9 Å². The highest BCUT2D eigenvalue weighted by molar-refractivity contribution is 14.1. The van der Waals surface area contributed by atoms with Gasteiger partial charge in [0, 0.05) is 30.4 Å². The molecular formula is C17H13F2IN2O2. The summed E-state index contributed by atoms with van der Waals surface area (Å²) in [5, 5.41) is 2.49. The van der Waals surface area contributed by atoms with Crippen molar-refractivity contribution in [1.29, 1.82) is 0 Å². The van der Waals surface area contributed by atoms with Crippen LogP contribution in [-0.4, -0.2) is 18.4 Å². The first-order chi connectivity index (χ1) is 11.4. The SMILES string of the molecule is CC(=O)N1CCc2cc(C(=O)Nc3cc(F)c(I)c(F)c3)ccc21. The first kappa shape index (κ1) is 16.8. The number of nitrogens with one attached hydrogen (secondary N) is 1. The Morgan fingerprint density at radius 1 is 1.17 bits per heavy atom. The molecule has 24 heavy (non-hydrogen) atoms. The van der Waals surface area contributed by atoms with Crippen molar-refractivity contribution in [3.8, 4) is 0 Å². The summed E-state index contributed by atoms with van der Waals surface area (Å²) in [6.45, 7) is 2.08. The fraction of sp³-hybridized carbons (Fsp3) is 0.176. The van der Waals surface area contributed by atoms with Crippen LogP contribution in [0.4, 0.5) is 20.2 Å². The van der Waals surface area contributed by atoms with Crippen LogP contribution in [0.1, 0.15) is 22.8 Å². The number of benzene rings is 2. The second-order valence-electron chi connectivity index (χ2n) is 5.47. The molecule has 0 saturated carbocycles. The number of halogens is 3. The Morgan fingerprint density at radius 3 is 2.46 bits per heavy atom. The Hall–Kier alpha value is -2.03. The monoisotopic (exact) mass is 442 g/mol. The summed E-state index contributed by atoms with van der Waals surface area (Å²) >= 11 is 1.56. The number of anilines is 2. The van der Waals surface area contributed by atoms with Crippen molar-refractivity contribution in [2.75, 3.05) is 16.8 Å². The predicted molar refractivity (Wildman–Crippen MR) is 95.2 cm³/mol. The van der Waals surface area contributed by atoms with Gasteiger partial charge in [-0.25, -0.2) is 8.78 Å². The molecule has 0 unspecified atom stereocenters. The number of hydrogen-bond donors (Lipinski definition) is 1. The topological polar surface area (TPSA) is 49.4 Å². The molecule has 4 nitrogen and oxygen atoms in total. The smallest absolute Gasteiger partial charge is 0.255 e. The molecule has 2 amide bonds. The normalized spacial score (nSPS) is 12.9. The summed E-state index contributed by atoms with van der Waals surface area (Å²) in [5.41, 5.74) is 2.13. The third-order valence-corrected chi connectivity index (χ3v) is 4.89. The molecule has 0 spiro atoms. The largest absolute Gasteiger partial charge is 0.322 e. The number of carbonyl (C=O) groups excluding carboxylic acids is 2. The zero-order chi connectivity index (χ0) is 17.4. The highest BCUT2D eigenvalue weighted by atomic mass is 127. The third kappa shape index (κ3) is 3.12. The van der Waals surface area contributed by atoms with Crippen molar-refractivity contribution >= 4 is 45.8 Å². The van der Waals surface area contributed by atoms with Gasteiger partial charge in [0.2, 0.25) is 5.91 Å². The van der Waals surface area contributed by atoms with Crippen LogP contribution in [0, 0.1) is 15.2 Å². The number of carbonyl (C=O) groups is 2. The van der Waals surface area contributed by atoms with E-state index in [1.807, 2.05) is 0 Å². The molecule has 0 radical (unpaired) electrons. The van der Waals surface area contributed by atoms with Crippen LogP contribution < -0.4 is 10.2 Å². The van der Waals surface area contributed by atoms with Gasteiger partial charge in [-0.2, -0.15) is 0 Å². The maximum absolute atomic E-state index is 13.6. The Kier molecular flexibility index (Phi) is 4.53. The minimum absolute atomic E-state index is 0.0456. The van der Waals surface area contributed by atoms with Crippen molar-refractivity contribution in [3.05, 3.63) is 56.7 Å². The van der Waals surface area contributed by atoms with Gasteiger partial charge in [0.15, 0.2) is 0 Å². The predicted octanol–water partition coefficient (Wildman–Crippen LogP) is 3.73. The Labute approximate surface area is 151 Å². The van der Waals surface area contributed by atoms with Gasteiger partial charge in [0.1, 0.15) is 11.6 Å². The fourth-order valence-electron chi connectivity index (χ4n) is 2.70. The molecule has 0 aromatic heterocycles. The van der Waals surface area contributed by atoms with Crippen molar-refractivity contribution in [3.63, 3.8) is 0 Å². The molecule has 2 aromatic carbocycles. The van der Waals surface area contributed by atoms with Crippen LogP contribution in [0.25, 0.3) is 0 Å². The molecule has 0 bridgehead atoms. The number of fused-ring (bicyclic) bond motifs is 1. The molecule has 7 heteroatoms. The van der Waals surface area contributed by atoms with Gasteiger partial charge < -0.3 is 10.2 Å². The molecule has 1 aliphatic heterocycles. The second-order valence-corrected chi connectivity index (χ2v) is 6.55. The highest BCUT2D eigenvalue weighted by Gasteiger charge is 2.23. The van der Waals surface area contributed by atoms with E-state index in [4.69, 9.17) is 0 Å². The van der Waals surface area contributed by atoms with E-state index in [0.29, 0.717) is 18.5 Å². The Bertz CT molecular complexity index is 831. The van der Waals surface area contributed by atoms with Crippen molar-refractivity contribution in [2.45, 2.75) is 13.3 Å². The molecular weight excluding hydrogens is 429 g/mol. The van der Waals surface area contributed by atoms with E-state index in [1.54, 1.807) is 45.7 Å². The number of amides is 2. The number of nitrogens with zero attached hydrogens (tertiary/aromatic N) is 1. The molecule has 124 valence electrons. The summed E-state index contributed by atoms with van der Waals surface area (Å²) in [6, 6.07) is 7.16. The summed E-state index contributed by atoms with van der Waals surface area (Å²) in [4.78, 5) is 25.5. The quantitative estimate of drug-likeness (QED) is 0.570. The molecule has 3 rings (SSSR count). The zero-order valence-electron chi connectivity index (χ0n) is 12.7. The summed E-state index contributed by atoms with van der Waals surface area (Å²) in [7, 11) is 0. The lowest BCUT2D eigenvalue weighted by Crippen LogP contribution is -2.25. The molecule has 1 aliphatic rings. The molecule has 1 N–H and O–H groups in total. The van der Waals surface area contributed by atoms with Gasteiger partial charge in [-0.1, -0.05) is 0 Å². The van der Waals surface area contributed by atoms with E-state index in [0.717, 1.165) is 23.4 Å². The fourth-order valence-corrected chi connectivity index (χ4v) is 3.01. The van der Waals surface area contributed by atoms with Crippen LogP contribution in [-0.2, 0) is 11.2 Å². The van der Waals surface area contributed by atoms with E-state index in [1.165, 1.54) is 6.92 Å². The molecule has 0 aliphatic carbocycles. The van der Waals surface area contributed by atoms with E-state index in [-0.39, 0.29) is 15.2 Å². The van der Waals surface area contributed by atoms with E-state index in [2.05, 4.69) is 5.32 Å². The minimum atomic E-state index is -0.725. The van der Waals surface area contributed by atoms with Crippen LogP contribution in [0.15, 0.2) is 30.3 Å². The van der Waals surface area contributed by atoms with Gasteiger partial charge in [-0.3, -0.25) is 9.59 Å². The molecule has 0 atom stereocenters. The Balaban J connectivity index is 1.83. The molecule has 0 saturated heterocycles. The van der Waals surface area contributed by atoms with Crippen LogP contribution in [0.3, 0.4) is 0 Å². The van der Waals surface area contributed by atoms with Gasteiger partial charge in [-0.15, -0.1) is 0 Å². The lowest BCUT2D eigenvalue weighted by Gasteiger charge is -2.14. The van der Waals surface area contributed by atoms with E-state index < -0.39 is 17.5 Å². The molecule has 1 heterocycles. The van der Waals surface area contributed by atoms with Crippen molar-refractivity contribution < 1.29 is 18.4 Å². The van der Waals surface area contributed by atoms with Gasteiger partial charge in [0.25, 0.3) is 5.91 Å². The lowest BCUT2D eigenvalue weighted by molar-refractivity contribution is -0.116. The zero-order valence-corrected chi connectivity index (χ0v) is 14.9. The first-order valence-corrected chi connectivity index (χ1v) is 8.31. The van der Waals surface area contributed by atoms with E-state index >= 15 is 0 Å². The van der Waals surface area contributed by atoms with Crippen molar-refractivity contribution in [1.82, 2.24) is 0 Å². The Morgan fingerprint density at radius 2 is 1.83 bits per heavy atom. The van der Waals surface area contributed by atoms with Crippen LogP contribution in [0.5, 0.6) is 0 Å². The van der Waals surface area contributed by atoms with Gasteiger partial charge >= 0.3 is 0 Å². The van der Waals surface area contributed by atoms with Crippen LogP contribution >= 0.6 is 22.6 Å². The second kappa shape index (κ2) is 6.46. The highest BCUT2D eigenvalue weighted by Crippen LogP contribution is 2.29. The van der Waals surface area contributed by atoms with E-state index in [9.17, 15) is 18.4 Å². The van der Waals surface area contributed by atoms with Gasteiger partial charge in [0.05, 0.1) is 3.57 Å².